The summed E-state index contributed by atoms with van der Waals surface area (Å²) in [6.07, 6.45) is -2.00. The molecule has 1 amide bonds. The summed E-state index contributed by atoms with van der Waals surface area (Å²) in [5.41, 5.74) is 4.46. The largest absolute Gasteiger partial charge is 0.467 e. The normalized spacial score (nSPS) is 20.9. The number of likely N-dealkylation sites (tertiary alicyclic amines) is 1. The van der Waals surface area contributed by atoms with E-state index >= 15 is 0 Å². The van der Waals surface area contributed by atoms with Gasteiger partial charge in [-0.05, 0) is 22.3 Å². The highest BCUT2D eigenvalue weighted by atomic mass is 19.1. The fraction of sp³-hybridized carbons (Fsp3) is 0.333. The fourth-order valence-electron chi connectivity index (χ4n) is 4.02. The summed E-state index contributed by atoms with van der Waals surface area (Å²) >= 11 is 0. The van der Waals surface area contributed by atoms with E-state index in [1.807, 2.05) is 36.4 Å². The van der Waals surface area contributed by atoms with E-state index in [9.17, 15) is 14.0 Å². The molecule has 1 fully saturated rings. The molecule has 1 saturated heterocycles. The Bertz CT molecular complexity index is 838. The number of carbonyl (C=O) groups is 2. The quantitative estimate of drug-likeness (QED) is 0.777. The third-order valence-corrected chi connectivity index (χ3v) is 5.29. The van der Waals surface area contributed by atoms with Crippen LogP contribution in [-0.4, -0.2) is 49.4 Å². The van der Waals surface area contributed by atoms with E-state index in [2.05, 4.69) is 16.9 Å². The minimum absolute atomic E-state index is 0.0587. The van der Waals surface area contributed by atoms with Gasteiger partial charge >= 0.3 is 12.1 Å². The van der Waals surface area contributed by atoms with Gasteiger partial charge < -0.3 is 9.47 Å². The average molecular weight is 369 g/mol. The Morgan fingerprint density at radius 3 is 2.26 bits per heavy atom. The fourth-order valence-corrected chi connectivity index (χ4v) is 4.02. The molecule has 140 valence electrons. The zero-order valence-corrected chi connectivity index (χ0v) is 14.9. The zero-order valence-electron chi connectivity index (χ0n) is 14.9. The Morgan fingerprint density at radius 2 is 1.67 bits per heavy atom. The van der Waals surface area contributed by atoms with Crippen LogP contribution in [0.3, 0.4) is 0 Å². The number of alkyl halides is 1. The number of nitrogens with zero attached hydrogens (tertiary/aromatic N) is 1. The van der Waals surface area contributed by atoms with E-state index < -0.39 is 24.3 Å². The van der Waals surface area contributed by atoms with Gasteiger partial charge in [-0.15, -0.1) is 0 Å². The number of fused-ring (bicyclic) bond motifs is 3. The summed E-state index contributed by atoms with van der Waals surface area (Å²) in [7, 11) is 1.23. The Labute approximate surface area is 156 Å². The number of rotatable bonds is 3. The van der Waals surface area contributed by atoms with Crippen LogP contribution in [0, 0.1) is 0 Å². The summed E-state index contributed by atoms with van der Waals surface area (Å²) in [6, 6.07) is 15.1. The summed E-state index contributed by atoms with van der Waals surface area (Å²) in [4.78, 5) is 25.5. The van der Waals surface area contributed by atoms with Crippen molar-refractivity contribution in [2.24, 2.45) is 0 Å². The number of carbonyl (C=O) groups excluding carboxylic acids is 2. The Kier molecular flexibility index (Phi) is 4.56. The molecule has 0 saturated carbocycles. The molecular formula is C21H20FNO4. The van der Waals surface area contributed by atoms with E-state index in [1.54, 1.807) is 0 Å². The SMILES string of the molecule is COC(=O)[C@@H]1CC(F)CN1C(=O)OCC1c2ccccc2-c2ccccc21. The Balaban J connectivity index is 1.52. The van der Waals surface area contributed by atoms with Gasteiger partial charge in [0.05, 0.1) is 13.7 Å². The van der Waals surface area contributed by atoms with E-state index in [0.29, 0.717) is 0 Å². The molecule has 0 aromatic heterocycles. The van der Waals surface area contributed by atoms with Crippen LogP contribution in [0.2, 0.25) is 0 Å². The van der Waals surface area contributed by atoms with Crippen molar-refractivity contribution in [1.29, 1.82) is 0 Å². The summed E-state index contributed by atoms with van der Waals surface area (Å²) < 4.78 is 23.9. The first-order valence-corrected chi connectivity index (χ1v) is 8.93. The molecule has 1 aliphatic heterocycles. The molecule has 27 heavy (non-hydrogen) atoms. The molecule has 5 nitrogen and oxygen atoms in total. The molecular weight excluding hydrogens is 349 g/mol. The number of ether oxygens (including phenoxy) is 2. The molecule has 6 heteroatoms. The van der Waals surface area contributed by atoms with Crippen LogP contribution in [0.4, 0.5) is 9.18 Å². The monoisotopic (exact) mass is 369 g/mol. The second-order valence-corrected chi connectivity index (χ2v) is 6.83. The molecule has 2 atom stereocenters. The zero-order chi connectivity index (χ0) is 19.0. The number of halogens is 1. The summed E-state index contributed by atoms with van der Waals surface area (Å²) in [6.45, 7) is -0.0232. The Hall–Kier alpha value is -2.89. The predicted molar refractivity (Wildman–Crippen MR) is 97.1 cm³/mol. The number of methoxy groups -OCH3 is 1. The summed E-state index contributed by atoms with van der Waals surface area (Å²) in [5, 5.41) is 0. The first-order chi connectivity index (χ1) is 13.1. The van der Waals surface area contributed by atoms with Gasteiger partial charge in [-0.2, -0.15) is 0 Å². The topological polar surface area (TPSA) is 55.8 Å². The number of esters is 1. The lowest BCUT2D eigenvalue weighted by Crippen LogP contribution is -2.41. The van der Waals surface area contributed by atoms with Crippen LogP contribution < -0.4 is 0 Å². The van der Waals surface area contributed by atoms with Gasteiger partial charge in [0.15, 0.2) is 0 Å². The molecule has 1 aliphatic carbocycles. The van der Waals surface area contributed by atoms with Crippen LogP contribution >= 0.6 is 0 Å². The molecule has 2 aromatic rings. The van der Waals surface area contributed by atoms with E-state index in [0.717, 1.165) is 27.2 Å². The predicted octanol–water partition coefficient (Wildman–Crippen LogP) is 3.52. The van der Waals surface area contributed by atoms with Crippen LogP contribution in [-0.2, 0) is 14.3 Å². The minimum Gasteiger partial charge on any atom is -0.467 e. The van der Waals surface area contributed by atoms with E-state index in [-0.39, 0.29) is 25.5 Å². The van der Waals surface area contributed by atoms with Gasteiger partial charge in [-0.3, -0.25) is 4.90 Å². The minimum atomic E-state index is -1.26. The van der Waals surface area contributed by atoms with Gasteiger partial charge in [0, 0.05) is 12.3 Å². The third kappa shape index (κ3) is 3.05. The van der Waals surface area contributed by atoms with E-state index in [4.69, 9.17) is 4.74 Å². The van der Waals surface area contributed by atoms with Crippen molar-refractivity contribution < 1.29 is 23.5 Å². The number of amides is 1. The van der Waals surface area contributed by atoms with Crippen molar-refractivity contribution in [1.82, 2.24) is 4.90 Å². The molecule has 2 aliphatic rings. The molecule has 2 aromatic carbocycles. The lowest BCUT2D eigenvalue weighted by Gasteiger charge is -2.23. The maximum Gasteiger partial charge on any atom is 0.410 e. The highest BCUT2D eigenvalue weighted by molar-refractivity contribution is 5.82. The van der Waals surface area contributed by atoms with Crippen molar-refractivity contribution in [2.45, 2.75) is 24.6 Å². The number of hydrogen-bond donors (Lipinski definition) is 0. The molecule has 0 spiro atoms. The van der Waals surface area contributed by atoms with Gasteiger partial charge in [0.25, 0.3) is 0 Å². The number of hydrogen-bond acceptors (Lipinski definition) is 4. The average Bonchev–Trinajstić information content (AvgIpc) is 3.24. The second kappa shape index (κ2) is 7.02. The molecule has 0 radical (unpaired) electrons. The van der Waals surface area contributed by atoms with Crippen LogP contribution in [0.25, 0.3) is 11.1 Å². The maximum absolute atomic E-state index is 13.8. The highest BCUT2D eigenvalue weighted by Gasteiger charge is 2.42. The van der Waals surface area contributed by atoms with Gasteiger partial charge in [-0.25, -0.2) is 14.0 Å². The van der Waals surface area contributed by atoms with Crippen molar-refractivity contribution >= 4 is 12.1 Å². The maximum atomic E-state index is 13.8. The van der Waals surface area contributed by atoms with Crippen LogP contribution in [0.1, 0.15) is 23.5 Å². The lowest BCUT2D eigenvalue weighted by atomic mass is 9.98. The van der Waals surface area contributed by atoms with Gasteiger partial charge in [0.1, 0.15) is 18.8 Å². The van der Waals surface area contributed by atoms with Gasteiger partial charge in [0.2, 0.25) is 0 Å². The second-order valence-electron chi connectivity index (χ2n) is 6.83. The molecule has 4 rings (SSSR count). The third-order valence-electron chi connectivity index (χ3n) is 5.29. The van der Waals surface area contributed by atoms with Crippen molar-refractivity contribution in [3.05, 3.63) is 59.7 Å². The first-order valence-electron chi connectivity index (χ1n) is 8.93. The first kappa shape index (κ1) is 17.5. The van der Waals surface area contributed by atoms with Crippen molar-refractivity contribution in [2.75, 3.05) is 20.3 Å². The molecule has 0 bridgehead atoms. The molecule has 0 N–H and O–H groups in total. The summed E-state index contributed by atoms with van der Waals surface area (Å²) in [5.74, 6) is -0.703. The molecule has 1 unspecified atom stereocenters. The Morgan fingerprint density at radius 1 is 1.07 bits per heavy atom. The standard InChI is InChI=1S/C21H20FNO4/c1-26-20(24)19-10-13(22)11-23(19)21(25)27-12-18-16-8-4-2-6-14(16)15-7-3-5-9-17(15)18/h2-9,13,18-19H,10-12H2,1H3/t13?,19-/m0/s1. The van der Waals surface area contributed by atoms with Crippen molar-refractivity contribution in [3.8, 4) is 11.1 Å². The lowest BCUT2D eigenvalue weighted by molar-refractivity contribution is -0.145. The van der Waals surface area contributed by atoms with Crippen LogP contribution in [0.5, 0.6) is 0 Å². The smallest absolute Gasteiger partial charge is 0.410 e. The van der Waals surface area contributed by atoms with Crippen LogP contribution in [0.15, 0.2) is 48.5 Å². The van der Waals surface area contributed by atoms with Gasteiger partial charge in [-0.1, -0.05) is 48.5 Å². The molecule has 1 heterocycles. The highest BCUT2D eigenvalue weighted by Crippen LogP contribution is 2.44. The van der Waals surface area contributed by atoms with Crippen molar-refractivity contribution in [3.63, 3.8) is 0 Å². The number of benzene rings is 2. The van der Waals surface area contributed by atoms with E-state index in [1.165, 1.54) is 7.11 Å².